The van der Waals surface area contributed by atoms with Crippen molar-refractivity contribution in [3.8, 4) is 11.3 Å². The molecule has 7 nitrogen and oxygen atoms in total. The first-order valence-corrected chi connectivity index (χ1v) is 10.9. The second kappa shape index (κ2) is 8.08. The number of nitrogens with one attached hydrogen (secondary N) is 1. The van der Waals surface area contributed by atoms with Gasteiger partial charge < -0.3 is 5.73 Å². The van der Waals surface area contributed by atoms with E-state index in [0.29, 0.717) is 28.4 Å². The number of hydrogen-bond donors (Lipinski definition) is 2. The maximum absolute atomic E-state index is 14.7. The minimum absolute atomic E-state index is 0.110. The highest BCUT2D eigenvalue weighted by atomic mass is 32.2. The van der Waals surface area contributed by atoms with Crippen molar-refractivity contribution in [3.05, 3.63) is 77.2 Å². The number of aryl methyl sites for hydroxylation is 1. The molecule has 0 fully saturated rings. The summed E-state index contributed by atoms with van der Waals surface area (Å²) in [7, 11) is -4.16. The minimum atomic E-state index is -4.16. The van der Waals surface area contributed by atoms with Crippen molar-refractivity contribution in [1.29, 1.82) is 0 Å². The van der Waals surface area contributed by atoms with Gasteiger partial charge in [0, 0.05) is 17.2 Å². The summed E-state index contributed by atoms with van der Waals surface area (Å²) >= 11 is 0. The first-order chi connectivity index (χ1) is 15.1. The number of aromatic nitrogens is 3. The van der Waals surface area contributed by atoms with E-state index in [4.69, 9.17) is 5.73 Å². The number of nitrogens with zero attached hydrogens (tertiary/aromatic N) is 3. The van der Waals surface area contributed by atoms with E-state index in [1.54, 1.807) is 13.0 Å². The van der Waals surface area contributed by atoms with Gasteiger partial charge in [0.15, 0.2) is 0 Å². The van der Waals surface area contributed by atoms with Crippen LogP contribution in [0.5, 0.6) is 0 Å². The van der Waals surface area contributed by atoms with Crippen LogP contribution in [0.2, 0.25) is 0 Å². The lowest BCUT2D eigenvalue weighted by Crippen LogP contribution is -2.16. The minimum Gasteiger partial charge on any atom is -0.368 e. The standard InChI is InChI=1S/C21H16F3N5O2S/c1-11-6-18(27-19-9-26-21(25)28-20(11)19)12-3-5-17(16(24)7-12)29-32(30,31)10-13-2-4-14(22)8-15(13)23/h2-9,29H,10H2,1H3,(H2,25,26,28). The van der Waals surface area contributed by atoms with E-state index in [0.717, 1.165) is 23.8 Å². The molecule has 0 bridgehead atoms. The van der Waals surface area contributed by atoms with Gasteiger partial charge in [-0.3, -0.25) is 4.72 Å². The molecule has 0 aliphatic carbocycles. The van der Waals surface area contributed by atoms with Crippen LogP contribution < -0.4 is 10.5 Å². The maximum atomic E-state index is 14.7. The van der Waals surface area contributed by atoms with Gasteiger partial charge in [-0.15, -0.1) is 0 Å². The molecule has 11 heteroatoms. The van der Waals surface area contributed by atoms with Crippen LogP contribution in [0.4, 0.5) is 24.8 Å². The Morgan fingerprint density at radius 1 is 1.00 bits per heavy atom. The fourth-order valence-corrected chi connectivity index (χ4v) is 4.37. The van der Waals surface area contributed by atoms with E-state index in [1.165, 1.54) is 18.3 Å². The highest BCUT2D eigenvalue weighted by molar-refractivity contribution is 7.91. The topological polar surface area (TPSA) is 111 Å². The molecule has 3 N–H and O–H groups in total. The molecule has 0 aliphatic rings. The molecule has 4 aromatic rings. The van der Waals surface area contributed by atoms with E-state index in [1.807, 2.05) is 0 Å². The van der Waals surface area contributed by atoms with Gasteiger partial charge in [0.1, 0.15) is 23.0 Å². The van der Waals surface area contributed by atoms with Gasteiger partial charge in [-0.1, -0.05) is 12.1 Å². The third kappa shape index (κ3) is 4.47. The summed E-state index contributed by atoms with van der Waals surface area (Å²) in [5, 5.41) is 0. The Balaban J connectivity index is 1.61. The van der Waals surface area contributed by atoms with Gasteiger partial charge in [0.25, 0.3) is 0 Å². The number of pyridine rings is 1. The zero-order valence-corrected chi connectivity index (χ0v) is 17.4. The van der Waals surface area contributed by atoms with Crippen molar-refractivity contribution < 1.29 is 21.6 Å². The number of nitrogen functional groups attached to an aromatic ring is 1. The van der Waals surface area contributed by atoms with E-state index < -0.39 is 33.2 Å². The fourth-order valence-electron chi connectivity index (χ4n) is 3.15. The van der Waals surface area contributed by atoms with E-state index in [2.05, 4.69) is 19.7 Å². The Labute approximate surface area is 181 Å². The van der Waals surface area contributed by atoms with Crippen molar-refractivity contribution in [1.82, 2.24) is 15.0 Å². The molecule has 32 heavy (non-hydrogen) atoms. The molecule has 0 spiro atoms. The molecule has 0 unspecified atom stereocenters. The molecule has 0 saturated carbocycles. The normalized spacial score (nSPS) is 11.6. The van der Waals surface area contributed by atoms with Gasteiger partial charge >= 0.3 is 0 Å². The summed E-state index contributed by atoms with van der Waals surface area (Å²) in [5.74, 6) is -3.35. The average Bonchev–Trinajstić information content (AvgIpc) is 2.72. The maximum Gasteiger partial charge on any atom is 0.237 e. The van der Waals surface area contributed by atoms with Crippen LogP contribution in [0.25, 0.3) is 22.3 Å². The van der Waals surface area contributed by atoms with Crippen molar-refractivity contribution in [2.75, 3.05) is 10.5 Å². The molecular formula is C21H16F3N5O2S. The molecule has 0 atom stereocenters. The van der Waals surface area contributed by atoms with Gasteiger partial charge in [0.2, 0.25) is 16.0 Å². The van der Waals surface area contributed by atoms with E-state index in [-0.39, 0.29) is 17.2 Å². The summed E-state index contributed by atoms with van der Waals surface area (Å²) in [6.45, 7) is 1.80. The van der Waals surface area contributed by atoms with Crippen LogP contribution >= 0.6 is 0 Å². The second-order valence-corrected chi connectivity index (χ2v) is 8.80. The Morgan fingerprint density at radius 2 is 1.78 bits per heavy atom. The number of anilines is 2. The van der Waals surface area contributed by atoms with Crippen LogP contribution in [0.3, 0.4) is 0 Å². The smallest absolute Gasteiger partial charge is 0.237 e. The highest BCUT2D eigenvalue weighted by Crippen LogP contribution is 2.27. The quantitative estimate of drug-likeness (QED) is 0.468. The monoisotopic (exact) mass is 459 g/mol. The molecule has 2 aromatic heterocycles. The van der Waals surface area contributed by atoms with Gasteiger partial charge in [-0.2, -0.15) is 0 Å². The number of benzene rings is 2. The Kier molecular flexibility index (Phi) is 5.43. The lowest BCUT2D eigenvalue weighted by atomic mass is 10.1. The molecule has 164 valence electrons. The number of halogens is 3. The average molecular weight is 459 g/mol. The fraction of sp³-hybridized carbons (Fsp3) is 0.0952. The van der Waals surface area contributed by atoms with Crippen molar-refractivity contribution >= 4 is 32.7 Å². The third-order valence-corrected chi connectivity index (χ3v) is 5.87. The Bertz CT molecular complexity index is 1460. The van der Waals surface area contributed by atoms with Gasteiger partial charge in [-0.25, -0.2) is 36.5 Å². The Hall–Kier alpha value is -3.73. The molecule has 0 saturated heterocycles. The van der Waals surface area contributed by atoms with Gasteiger partial charge in [0.05, 0.1) is 28.8 Å². The zero-order valence-electron chi connectivity index (χ0n) is 16.6. The summed E-state index contributed by atoms with van der Waals surface area (Å²) in [5.41, 5.74) is 7.67. The van der Waals surface area contributed by atoms with Crippen LogP contribution in [0.1, 0.15) is 11.1 Å². The van der Waals surface area contributed by atoms with E-state index >= 15 is 0 Å². The first kappa shape index (κ1) is 21.5. The van der Waals surface area contributed by atoms with E-state index in [9.17, 15) is 21.6 Å². The van der Waals surface area contributed by atoms with Gasteiger partial charge in [-0.05, 0) is 36.8 Å². The Morgan fingerprint density at radius 3 is 2.50 bits per heavy atom. The van der Waals surface area contributed by atoms with Crippen LogP contribution in [-0.4, -0.2) is 23.4 Å². The zero-order chi connectivity index (χ0) is 23.0. The predicted octanol–water partition coefficient (Wildman–Crippen LogP) is 3.94. The number of sulfonamides is 1. The molecule has 2 aromatic carbocycles. The highest BCUT2D eigenvalue weighted by Gasteiger charge is 2.18. The molecule has 4 rings (SSSR count). The summed E-state index contributed by atoms with van der Waals surface area (Å²) in [6, 6.07) is 8.11. The lowest BCUT2D eigenvalue weighted by molar-refractivity contribution is 0.570. The SMILES string of the molecule is Cc1cc(-c2ccc(NS(=O)(=O)Cc3ccc(F)cc3F)c(F)c2)nc2cnc(N)nc12. The van der Waals surface area contributed by atoms with Crippen LogP contribution in [-0.2, 0) is 15.8 Å². The third-order valence-electron chi connectivity index (χ3n) is 4.65. The molecule has 2 heterocycles. The lowest BCUT2D eigenvalue weighted by Gasteiger charge is -2.11. The van der Waals surface area contributed by atoms with Crippen LogP contribution in [0.15, 0.2) is 48.7 Å². The summed E-state index contributed by atoms with van der Waals surface area (Å²) in [6.07, 6.45) is 1.46. The van der Waals surface area contributed by atoms with Crippen molar-refractivity contribution in [2.24, 2.45) is 0 Å². The molecular weight excluding hydrogens is 443 g/mol. The predicted molar refractivity (Wildman–Crippen MR) is 114 cm³/mol. The number of nitrogens with two attached hydrogens (primary N) is 1. The summed E-state index contributed by atoms with van der Waals surface area (Å²) < 4.78 is 68.3. The summed E-state index contributed by atoms with van der Waals surface area (Å²) in [4.78, 5) is 12.4. The van der Waals surface area contributed by atoms with Crippen molar-refractivity contribution in [3.63, 3.8) is 0 Å². The van der Waals surface area contributed by atoms with Crippen LogP contribution in [0, 0.1) is 24.4 Å². The number of rotatable bonds is 5. The largest absolute Gasteiger partial charge is 0.368 e. The number of hydrogen-bond acceptors (Lipinski definition) is 6. The van der Waals surface area contributed by atoms with Crippen molar-refractivity contribution in [2.45, 2.75) is 12.7 Å². The number of fused-ring (bicyclic) bond motifs is 1. The molecule has 0 amide bonds. The first-order valence-electron chi connectivity index (χ1n) is 9.25. The molecule has 0 radical (unpaired) electrons. The second-order valence-electron chi connectivity index (χ2n) is 7.08. The molecule has 0 aliphatic heterocycles.